The van der Waals surface area contributed by atoms with Crippen LogP contribution in [0.15, 0.2) is 29.0 Å². The van der Waals surface area contributed by atoms with Crippen LogP contribution < -0.4 is 39.6 Å². The zero-order chi connectivity index (χ0) is 21.1. The van der Waals surface area contributed by atoms with E-state index in [1.165, 1.54) is 13.3 Å². The quantitative estimate of drug-likeness (QED) is 0.213. The van der Waals surface area contributed by atoms with E-state index in [0.717, 1.165) is 16.9 Å². The number of amides is 1. The van der Waals surface area contributed by atoms with Crippen LogP contribution in [0.5, 0.6) is 0 Å². The Balaban J connectivity index is 0.00000320. The van der Waals surface area contributed by atoms with Gasteiger partial charge in [-0.2, -0.15) is 0 Å². The van der Waals surface area contributed by atoms with Crippen LogP contribution in [0.3, 0.4) is 0 Å². The van der Waals surface area contributed by atoms with Crippen LogP contribution in [0.25, 0.3) is 11.0 Å². The predicted molar refractivity (Wildman–Crippen MR) is 110 cm³/mol. The summed E-state index contributed by atoms with van der Waals surface area (Å²) in [5.74, 6) is 0.147. The normalized spacial score (nSPS) is 10.5. The van der Waals surface area contributed by atoms with Crippen molar-refractivity contribution in [1.29, 1.82) is 0 Å². The molecule has 1 amide bonds. The molecular formula is C19H22BrIN6O3. The second-order valence-corrected chi connectivity index (χ2v) is 7.02. The number of fused-ring (bicyclic) bond motifs is 1. The van der Waals surface area contributed by atoms with E-state index >= 15 is 0 Å². The largest absolute Gasteiger partial charge is 1.00 e. The Kier molecular flexibility index (Phi) is 8.12. The van der Waals surface area contributed by atoms with Gasteiger partial charge in [0.15, 0.2) is 22.5 Å². The van der Waals surface area contributed by atoms with Gasteiger partial charge in [-0.1, -0.05) is 0 Å². The summed E-state index contributed by atoms with van der Waals surface area (Å²) < 4.78 is 9.41. The lowest BCUT2D eigenvalue weighted by Crippen LogP contribution is -3.00. The molecule has 160 valence electrons. The van der Waals surface area contributed by atoms with E-state index in [1.807, 2.05) is 19.9 Å². The smallest absolute Gasteiger partial charge is 0.338 e. The van der Waals surface area contributed by atoms with Crippen LogP contribution in [0.1, 0.15) is 40.5 Å². The summed E-state index contributed by atoms with van der Waals surface area (Å²) in [4.78, 5) is 32.6. The van der Waals surface area contributed by atoms with Crippen molar-refractivity contribution in [1.82, 2.24) is 19.9 Å². The lowest BCUT2D eigenvalue weighted by molar-refractivity contribution is -0.676. The van der Waals surface area contributed by atoms with E-state index in [-0.39, 0.29) is 42.0 Å². The molecule has 30 heavy (non-hydrogen) atoms. The van der Waals surface area contributed by atoms with Crippen molar-refractivity contribution in [2.75, 3.05) is 12.8 Å². The highest BCUT2D eigenvalue weighted by molar-refractivity contribution is 9.10. The van der Waals surface area contributed by atoms with Gasteiger partial charge in [0.25, 0.3) is 11.7 Å². The Morgan fingerprint density at radius 1 is 1.33 bits per heavy atom. The molecule has 0 saturated heterocycles. The minimum absolute atomic E-state index is 0. The Morgan fingerprint density at radius 3 is 2.70 bits per heavy atom. The fourth-order valence-electron chi connectivity index (χ4n) is 3.32. The number of nitrogen functional groups attached to an aromatic ring is 1. The lowest BCUT2D eigenvalue weighted by atomic mass is 10.2. The number of anilines is 1. The highest BCUT2D eigenvalue weighted by Crippen LogP contribution is 2.18. The van der Waals surface area contributed by atoms with Gasteiger partial charge in [0, 0.05) is 6.07 Å². The van der Waals surface area contributed by atoms with Crippen molar-refractivity contribution in [2.45, 2.75) is 33.5 Å². The average Bonchev–Trinajstić information content (AvgIpc) is 3.04. The van der Waals surface area contributed by atoms with Gasteiger partial charge in [-0.05, 0) is 41.9 Å². The number of imidazole rings is 1. The third-order valence-electron chi connectivity index (χ3n) is 4.63. The van der Waals surface area contributed by atoms with Crippen LogP contribution in [0, 0.1) is 0 Å². The van der Waals surface area contributed by atoms with Gasteiger partial charge in [-0.25, -0.2) is 23.9 Å². The first-order chi connectivity index (χ1) is 13.9. The van der Waals surface area contributed by atoms with Crippen LogP contribution in [0.4, 0.5) is 5.82 Å². The monoisotopic (exact) mass is 588 g/mol. The number of methoxy groups -OCH3 is 1. The third-order valence-corrected chi connectivity index (χ3v) is 5.01. The zero-order valence-corrected chi connectivity index (χ0v) is 20.5. The molecule has 0 radical (unpaired) electrons. The van der Waals surface area contributed by atoms with Gasteiger partial charge < -0.3 is 39.8 Å². The van der Waals surface area contributed by atoms with Crippen molar-refractivity contribution in [3.8, 4) is 0 Å². The Labute approximate surface area is 199 Å². The van der Waals surface area contributed by atoms with Crippen molar-refractivity contribution < 1.29 is 42.9 Å². The van der Waals surface area contributed by atoms with Crippen molar-refractivity contribution in [3.05, 3.63) is 46.1 Å². The molecule has 9 nitrogen and oxygen atoms in total. The first-order valence-electron chi connectivity index (χ1n) is 9.10. The number of rotatable bonds is 6. The topological polar surface area (TPSA) is 116 Å². The number of nitrogens with zero attached hydrogens (tertiary/aromatic N) is 4. The molecule has 2 heterocycles. The number of halogens is 2. The third kappa shape index (κ3) is 4.56. The van der Waals surface area contributed by atoms with E-state index in [4.69, 9.17) is 10.5 Å². The molecule has 1 aromatic carbocycles. The Morgan fingerprint density at radius 2 is 2.07 bits per heavy atom. The summed E-state index contributed by atoms with van der Waals surface area (Å²) in [6.07, 6.45) is 1.44. The molecule has 3 N–H and O–H groups in total. The summed E-state index contributed by atoms with van der Waals surface area (Å²) in [7, 11) is 1.36. The second-order valence-electron chi connectivity index (χ2n) is 6.21. The van der Waals surface area contributed by atoms with Gasteiger partial charge in [-0.3, -0.25) is 4.79 Å². The Bertz CT molecular complexity index is 1100. The van der Waals surface area contributed by atoms with E-state index in [0.29, 0.717) is 23.3 Å². The van der Waals surface area contributed by atoms with Gasteiger partial charge in [0.1, 0.15) is 11.1 Å². The molecule has 2 aromatic heterocycles. The molecule has 0 aliphatic rings. The number of hydrogen-bond acceptors (Lipinski definition) is 6. The Hall–Kier alpha value is -2.28. The van der Waals surface area contributed by atoms with E-state index < -0.39 is 11.9 Å². The molecule has 3 aromatic rings. The van der Waals surface area contributed by atoms with Crippen LogP contribution in [-0.2, 0) is 24.4 Å². The molecule has 0 atom stereocenters. The molecule has 0 unspecified atom stereocenters. The van der Waals surface area contributed by atoms with Crippen LogP contribution in [0.2, 0.25) is 0 Å². The number of carbonyl (C=O) groups excluding carboxylic acids is 2. The fraction of sp³-hybridized carbons (Fsp3) is 0.316. The van der Waals surface area contributed by atoms with Gasteiger partial charge in [-0.15, -0.1) is 0 Å². The maximum absolute atomic E-state index is 12.6. The molecule has 0 aliphatic heterocycles. The van der Waals surface area contributed by atoms with E-state index in [9.17, 15) is 9.59 Å². The standard InChI is InChI=1S/C19H21BrN6O3.HI/c1-4-25-12-7-6-11(19(28)29-3)8-13(12)26(5-2)15(25)10-23-18(27)16-17(21)22-9-14(20)24-16;/h6-9H,4-5,10H2,1-3H3,(H2-,21,22,23,27);1H. The summed E-state index contributed by atoms with van der Waals surface area (Å²) in [6.45, 7) is 5.66. The molecule has 0 aliphatic carbocycles. The number of ether oxygens (including phenoxy) is 1. The minimum atomic E-state index is -0.415. The molecule has 0 saturated carbocycles. The number of esters is 1. The molecule has 0 spiro atoms. The van der Waals surface area contributed by atoms with Gasteiger partial charge in [0.2, 0.25) is 0 Å². The number of carbonyl (C=O) groups is 2. The van der Waals surface area contributed by atoms with Crippen molar-refractivity contribution >= 4 is 44.7 Å². The first-order valence-corrected chi connectivity index (χ1v) is 9.90. The molecule has 0 fully saturated rings. The predicted octanol–water partition coefficient (Wildman–Crippen LogP) is -1.18. The summed E-state index contributed by atoms with van der Waals surface area (Å²) in [6, 6.07) is 5.43. The summed E-state index contributed by atoms with van der Waals surface area (Å²) in [5, 5.41) is 2.87. The number of benzene rings is 1. The summed E-state index contributed by atoms with van der Waals surface area (Å²) in [5.41, 5.74) is 8.18. The SMILES string of the molecule is CCn1c(CNC(=O)c2nc(Br)cnc2N)[n+](CC)c2ccc(C(=O)OC)cc21.[I-]. The fourth-order valence-corrected chi connectivity index (χ4v) is 3.60. The van der Waals surface area contributed by atoms with Gasteiger partial charge >= 0.3 is 5.97 Å². The van der Waals surface area contributed by atoms with E-state index in [1.54, 1.807) is 12.1 Å². The first kappa shape index (κ1) is 24.0. The maximum Gasteiger partial charge on any atom is 0.338 e. The van der Waals surface area contributed by atoms with Gasteiger partial charge in [0.05, 0.1) is 32.0 Å². The second kappa shape index (κ2) is 10.2. The number of nitrogens with two attached hydrogens (primary N) is 1. The highest BCUT2D eigenvalue weighted by Gasteiger charge is 2.25. The molecule has 0 bridgehead atoms. The number of hydrogen-bond donors (Lipinski definition) is 2. The zero-order valence-electron chi connectivity index (χ0n) is 16.8. The number of aromatic nitrogens is 4. The summed E-state index contributed by atoms with van der Waals surface area (Å²) >= 11 is 3.20. The number of aryl methyl sites for hydroxylation is 2. The average molecular weight is 589 g/mol. The molecular weight excluding hydrogens is 567 g/mol. The van der Waals surface area contributed by atoms with E-state index in [2.05, 4.69) is 40.3 Å². The maximum atomic E-state index is 12.6. The lowest BCUT2D eigenvalue weighted by Gasteiger charge is -2.07. The van der Waals surface area contributed by atoms with Crippen molar-refractivity contribution in [2.24, 2.45) is 0 Å². The number of nitrogens with one attached hydrogen (secondary N) is 1. The minimum Gasteiger partial charge on any atom is -1.00 e. The molecule has 11 heteroatoms. The van der Waals surface area contributed by atoms with Crippen molar-refractivity contribution in [3.63, 3.8) is 0 Å². The van der Waals surface area contributed by atoms with Crippen LogP contribution in [-0.4, -0.2) is 33.5 Å². The van der Waals surface area contributed by atoms with Crippen LogP contribution >= 0.6 is 15.9 Å². The molecule has 3 rings (SSSR count). The highest BCUT2D eigenvalue weighted by atomic mass is 127.